The van der Waals surface area contributed by atoms with Crippen LogP contribution in [0.5, 0.6) is 0 Å². The maximum absolute atomic E-state index is 5.29. The van der Waals surface area contributed by atoms with Crippen LogP contribution in [-0.2, 0) is 11.3 Å². The molecular weight excluding hydrogens is 224 g/mol. The van der Waals surface area contributed by atoms with E-state index in [1.807, 2.05) is 0 Å². The summed E-state index contributed by atoms with van der Waals surface area (Å²) >= 11 is 0. The van der Waals surface area contributed by atoms with Crippen LogP contribution < -0.4 is 5.32 Å². The second-order valence-corrected chi connectivity index (χ2v) is 5.35. The van der Waals surface area contributed by atoms with E-state index in [2.05, 4.69) is 62.4 Å². The molecule has 0 aliphatic heterocycles. The fraction of sp³-hybridized carbons (Fsp3) is 0.600. The van der Waals surface area contributed by atoms with Crippen LogP contribution in [0.4, 0.5) is 5.69 Å². The van der Waals surface area contributed by atoms with Gasteiger partial charge in [0, 0.05) is 19.3 Å². The molecule has 3 heteroatoms. The Balaban J connectivity index is 2.81. The quantitative estimate of drug-likeness (QED) is 0.805. The summed E-state index contributed by atoms with van der Waals surface area (Å²) in [5.74, 6) is 0.539. The van der Waals surface area contributed by atoms with Crippen molar-refractivity contribution in [2.24, 2.45) is 5.92 Å². The molecule has 1 rings (SSSR count). The Morgan fingerprint density at radius 2 is 1.89 bits per heavy atom. The third-order valence-electron chi connectivity index (χ3n) is 3.00. The van der Waals surface area contributed by atoms with Gasteiger partial charge in [-0.05, 0) is 31.6 Å². The van der Waals surface area contributed by atoms with E-state index in [1.54, 1.807) is 7.11 Å². The van der Waals surface area contributed by atoms with Gasteiger partial charge in [-0.1, -0.05) is 32.0 Å². The minimum Gasteiger partial charge on any atom is -0.383 e. The molecule has 0 aliphatic carbocycles. The molecule has 1 N–H and O–H groups in total. The molecule has 0 saturated carbocycles. The second-order valence-electron chi connectivity index (χ2n) is 5.35. The van der Waals surface area contributed by atoms with E-state index >= 15 is 0 Å². The van der Waals surface area contributed by atoms with Crippen molar-refractivity contribution in [1.82, 2.24) is 4.90 Å². The normalized spacial score (nSPS) is 13.1. The van der Waals surface area contributed by atoms with Crippen molar-refractivity contribution in [3.8, 4) is 0 Å². The number of nitrogens with zero attached hydrogens (tertiary/aromatic N) is 1. The summed E-state index contributed by atoms with van der Waals surface area (Å²) in [5.41, 5.74) is 2.53. The maximum atomic E-state index is 5.29. The first-order valence-electron chi connectivity index (χ1n) is 6.52. The summed E-state index contributed by atoms with van der Waals surface area (Å²) in [6.07, 6.45) is 0. The van der Waals surface area contributed by atoms with Crippen LogP contribution in [-0.4, -0.2) is 38.8 Å². The van der Waals surface area contributed by atoms with Crippen molar-refractivity contribution in [3.63, 3.8) is 0 Å². The first-order valence-corrected chi connectivity index (χ1v) is 6.52. The molecule has 1 atom stereocenters. The summed E-state index contributed by atoms with van der Waals surface area (Å²) in [4.78, 5) is 2.18. The van der Waals surface area contributed by atoms with E-state index in [4.69, 9.17) is 4.74 Å². The summed E-state index contributed by atoms with van der Waals surface area (Å²) < 4.78 is 5.29. The van der Waals surface area contributed by atoms with Crippen LogP contribution in [0, 0.1) is 5.92 Å². The molecule has 1 unspecified atom stereocenters. The van der Waals surface area contributed by atoms with Crippen molar-refractivity contribution in [2.75, 3.05) is 33.1 Å². The topological polar surface area (TPSA) is 24.5 Å². The number of ether oxygens (including phenoxy) is 1. The van der Waals surface area contributed by atoms with Crippen LogP contribution in [0.15, 0.2) is 24.3 Å². The predicted molar refractivity (Wildman–Crippen MR) is 78.0 cm³/mol. The van der Waals surface area contributed by atoms with E-state index in [0.29, 0.717) is 12.0 Å². The Bertz CT molecular complexity index is 350. The Morgan fingerprint density at radius 1 is 1.22 bits per heavy atom. The molecule has 0 bridgehead atoms. The molecule has 0 heterocycles. The van der Waals surface area contributed by atoms with Crippen LogP contribution in [0.3, 0.4) is 0 Å². The number of rotatable bonds is 7. The zero-order valence-corrected chi connectivity index (χ0v) is 12.2. The zero-order valence-electron chi connectivity index (χ0n) is 12.2. The van der Waals surface area contributed by atoms with Crippen LogP contribution in [0.25, 0.3) is 0 Å². The van der Waals surface area contributed by atoms with Gasteiger partial charge in [-0.15, -0.1) is 0 Å². The fourth-order valence-electron chi connectivity index (χ4n) is 1.92. The van der Waals surface area contributed by atoms with Gasteiger partial charge in [-0.3, -0.25) is 0 Å². The van der Waals surface area contributed by atoms with E-state index in [9.17, 15) is 0 Å². The molecule has 18 heavy (non-hydrogen) atoms. The van der Waals surface area contributed by atoms with E-state index in [0.717, 1.165) is 13.2 Å². The molecule has 1 aromatic rings. The zero-order chi connectivity index (χ0) is 13.5. The molecule has 0 amide bonds. The van der Waals surface area contributed by atoms with Crippen molar-refractivity contribution in [3.05, 3.63) is 29.8 Å². The molecule has 0 aliphatic rings. The molecule has 3 nitrogen and oxygen atoms in total. The highest BCUT2D eigenvalue weighted by molar-refractivity contribution is 5.51. The van der Waals surface area contributed by atoms with Crippen LogP contribution >= 0.6 is 0 Å². The maximum Gasteiger partial charge on any atom is 0.0666 e. The second kappa shape index (κ2) is 7.39. The van der Waals surface area contributed by atoms with Crippen molar-refractivity contribution < 1.29 is 4.74 Å². The van der Waals surface area contributed by atoms with Gasteiger partial charge in [-0.25, -0.2) is 0 Å². The molecule has 0 saturated heterocycles. The predicted octanol–water partition coefficient (Wildman–Crippen LogP) is 2.83. The average molecular weight is 250 g/mol. The first kappa shape index (κ1) is 15.0. The smallest absolute Gasteiger partial charge is 0.0666 e. The lowest BCUT2D eigenvalue weighted by Gasteiger charge is -2.25. The number of para-hydroxylation sites is 1. The van der Waals surface area contributed by atoms with Gasteiger partial charge in [-0.2, -0.15) is 0 Å². The summed E-state index contributed by atoms with van der Waals surface area (Å²) in [7, 11) is 5.93. The molecular formula is C15H26N2O. The lowest BCUT2D eigenvalue weighted by molar-refractivity contribution is 0.171. The van der Waals surface area contributed by atoms with E-state index in [-0.39, 0.29) is 0 Å². The fourth-order valence-corrected chi connectivity index (χ4v) is 1.92. The summed E-state index contributed by atoms with van der Waals surface area (Å²) in [6, 6.07) is 8.82. The van der Waals surface area contributed by atoms with Gasteiger partial charge < -0.3 is 15.0 Å². The van der Waals surface area contributed by atoms with Crippen LogP contribution in [0.2, 0.25) is 0 Å². The summed E-state index contributed by atoms with van der Waals surface area (Å²) in [5, 5.41) is 3.60. The van der Waals surface area contributed by atoms with E-state index in [1.165, 1.54) is 11.3 Å². The number of methoxy groups -OCH3 is 1. The Hall–Kier alpha value is -1.06. The molecule has 0 aromatic heterocycles. The van der Waals surface area contributed by atoms with Crippen molar-refractivity contribution >= 4 is 5.69 Å². The SMILES string of the molecule is COCC(Nc1ccccc1CN(C)C)C(C)C. The standard InChI is InChI=1S/C15H26N2O/c1-12(2)15(11-18-5)16-14-9-7-6-8-13(14)10-17(3)4/h6-9,12,15-16H,10-11H2,1-5H3. The first-order chi connectivity index (χ1) is 8.54. The highest BCUT2D eigenvalue weighted by atomic mass is 16.5. The number of hydrogen-bond donors (Lipinski definition) is 1. The molecule has 0 spiro atoms. The summed E-state index contributed by atoms with van der Waals surface area (Å²) in [6.45, 7) is 6.10. The molecule has 0 radical (unpaired) electrons. The van der Waals surface area contributed by atoms with Crippen LogP contribution in [0.1, 0.15) is 19.4 Å². The molecule has 1 aromatic carbocycles. The third kappa shape index (κ3) is 4.67. The van der Waals surface area contributed by atoms with Crippen molar-refractivity contribution in [1.29, 1.82) is 0 Å². The van der Waals surface area contributed by atoms with Gasteiger partial charge in [0.05, 0.1) is 12.6 Å². The minimum absolute atomic E-state index is 0.346. The third-order valence-corrected chi connectivity index (χ3v) is 3.00. The number of benzene rings is 1. The molecule has 102 valence electrons. The van der Waals surface area contributed by atoms with Gasteiger partial charge >= 0.3 is 0 Å². The number of nitrogens with one attached hydrogen (secondary N) is 1. The van der Waals surface area contributed by atoms with Gasteiger partial charge in [0.15, 0.2) is 0 Å². The van der Waals surface area contributed by atoms with E-state index < -0.39 is 0 Å². The Morgan fingerprint density at radius 3 is 2.44 bits per heavy atom. The van der Waals surface area contributed by atoms with Crippen molar-refractivity contribution in [2.45, 2.75) is 26.4 Å². The highest BCUT2D eigenvalue weighted by Crippen LogP contribution is 2.19. The number of hydrogen-bond acceptors (Lipinski definition) is 3. The highest BCUT2D eigenvalue weighted by Gasteiger charge is 2.14. The number of anilines is 1. The Kier molecular flexibility index (Phi) is 6.16. The minimum atomic E-state index is 0.346. The monoisotopic (exact) mass is 250 g/mol. The van der Waals surface area contributed by atoms with Gasteiger partial charge in [0.1, 0.15) is 0 Å². The largest absolute Gasteiger partial charge is 0.383 e. The lowest BCUT2D eigenvalue weighted by Crippen LogP contribution is -2.31. The molecule has 0 fully saturated rings. The lowest BCUT2D eigenvalue weighted by atomic mass is 10.0. The Labute approximate surface area is 111 Å². The average Bonchev–Trinajstić information content (AvgIpc) is 2.30. The van der Waals surface area contributed by atoms with Gasteiger partial charge in [0.25, 0.3) is 0 Å². The van der Waals surface area contributed by atoms with Gasteiger partial charge in [0.2, 0.25) is 0 Å².